The van der Waals surface area contributed by atoms with Crippen molar-refractivity contribution in [3.63, 3.8) is 0 Å². The van der Waals surface area contributed by atoms with Crippen molar-refractivity contribution in [1.29, 1.82) is 0 Å². The summed E-state index contributed by atoms with van der Waals surface area (Å²) in [5.74, 6) is -1.88. The Labute approximate surface area is 157 Å². The Hall–Kier alpha value is -2.44. The molecule has 0 aliphatic heterocycles. The van der Waals surface area contributed by atoms with Crippen molar-refractivity contribution < 1.29 is 31.9 Å². The van der Waals surface area contributed by atoms with Crippen LogP contribution in [0.3, 0.4) is 0 Å². The molecule has 0 saturated heterocycles. The first kappa shape index (κ1) is 20.9. The molecule has 2 aromatic rings. The first-order valence-corrected chi connectivity index (χ1v) is 9.60. The largest absolute Gasteiger partial charge is 0.381 e. The van der Waals surface area contributed by atoms with Crippen LogP contribution in [0, 0.1) is 0 Å². The molecule has 0 aliphatic rings. The number of carbonyl (C=O) groups excluding carboxylic acids is 2. The van der Waals surface area contributed by atoms with E-state index in [0.29, 0.717) is 11.3 Å². The number of carbonyl (C=O) groups is 2. The van der Waals surface area contributed by atoms with Crippen LogP contribution >= 0.6 is 11.3 Å². The number of anilines is 1. The second kappa shape index (κ2) is 7.29. The van der Waals surface area contributed by atoms with E-state index >= 15 is 0 Å². The van der Waals surface area contributed by atoms with Gasteiger partial charge in [-0.25, -0.2) is 22.2 Å². The van der Waals surface area contributed by atoms with Crippen LogP contribution in [0.25, 0.3) is 0 Å². The summed E-state index contributed by atoms with van der Waals surface area (Å²) in [6.45, 7) is 2.40. The van der Waals surface area contributed by atoms with E-state index in [1.807, 2.05) is 0 Å². The third-order valence-corrected chi connectivity index (χ3v) is 6.50. The van der Waals surface area contributed by atoms with Gasteiger partial charge in [0.25, 0.3) is 18.2 Å². The van der Waals surface area contributed by atoms with Crippen molar-refractivity contribution in [2.45, 2.75) is 35.1 Å². The number of sulfone groups is 1. The fraction of sp³-hybridized carbons (Fsp3) is 0.267. The molecule has 2 aromatic heterocycles. The Kier molecular flexibility index (Phi) is 5.63. The minimum atomic E-state index is -4.25. The second-order valence-electron chi connectivity index (χ2n) is 5.92. The molecule has 0 fully saturated rings. The molecule has 0 aliphatic carbocycles. The fourth-order valence-corrected chi connectivity index (χ4v) is 4.47. The van der Waals surface area contributed by atoms with E-state index in [-0.39, 0.29) is 14.8 Å². The highest BCUT2D eigenvalue weighted by Gasteiger charge is 2.29. The number of primary amides is 1. The molecule has 27 heavy (non-hydrogen) atoms. The lowest BCUT2D eigenvalue weighted by atomic mass is 10.1. The normalized spacial score (nSPS) is 12.2. The van der Waals surface area contributed by atoms with Crippen LogP contribution in [0.5, 0.6) is 0 Å². The molecule has 0 unspecified atom stereocenters. The van der Waals surface area contributed by atoms with Gasteiger partial charge in [0, 0.05) is 11.8 Å². The molecule has 2 amide bonds. The minimum Gasteiger partial charge on any atom is -0.381 e. The molecular weight excluding hydrogens is 404 g/mol. The first-order valence-electron chi connectivity index (χ1n) is 7.30. The van der Waals surface area contributed by atoms with Crippen molar-refractivity contribution in [3.05, 3.63) is 35.5 Å². The highest BCUT2D eigenvalue weighted by atomic mass is 32.2. The van der Waals surface area contributed by atoms with Gasteiger partial charge in [0.05, 0.1) is 5.56 Å². The van der Waals surface area contributed by atoms with Crippen LogP contribution in [0.1, 0.15) is 36.2 Å². The van der Waals surface area contributed by atoms with E-state index in [0.717, 1.165) is 24.4 Å². The number of nitrogens with one attached hydrogen (secondary N) is 1. The number of aliphatic hydroxyl groups is 1. The Morgan fingerprint density at radius 1 is 1.33 bits per heavy atom. The molecule has 12 heteroatoms. The fourth-order valence-electron chi connectivity index (χ4n) is 1.82. The lowest BCUT2D eigenvalue weighted by Gasteiger charge is -2.16. The molecule has 0 spiro atoms. The van der Waals surface area contributed by atoms with Crippen LogP contribution in [0.4, 0.5) is 13.8 Å². The van der Waals surface area contributed by atoms with E-state index in [2.05, 4.69) is 10.3 Å². The van der Waals surface area contributed by atoms with Crippen LogP contribution in [-0.4, -0.2) is 35.9 Å². The SMILES string of the molecule is CC(C)(O)C(=O)Nc1sc(S(=O)(=O)c2ccc(C(F)F)cn2)cc1C(N)=O. The smallest absolute Gasteiger partial charge is 0.265 e. The highest BCUT2D eigenvalue weighted by Crippen LogP contribution is 2.34. The summed E-state index contributed by atoms with van der Waals surface area (Å²) in [7, 11) is -4.25. The molecule has 0 bridgehead atoms. The van der Waals surface area contributed by atoms with Crippen LogP contribution in [-0.2, 0) is 14.6 Å². The van der Waals surface area contributed by atoms with Gasteiger partial charge in [-0.1, -0.05) is 0 Å². The summed E-state index contributed by atoms with van der Waals surface area (Å²) in [5, 5.41) is 11.2. The van der Waals surface area contributed by atoms with Crippen LogP contribution in [0.15, 0.2) is 33.6 Å². The molecule has 146 valence electrons. The molecule has 4 N–H and O–H groups in total. The maximum absolute atomic E-state index is 12.6. The summed E-state index contributed by atoms with van der Waals surface area (Å²) >= 11 is 0.525. The van der Waals surface area contributed by atoms with Gasteiger partial charge in [0.2, 0.25) is 9.84 Å². The third kappa shape index (κ3) is 4.46. The van der Waals surface area contributed by atoms with Gasteiger partial charge in [-0.15, -0.1) is 11.3 Å². The molecule has 2 rings (SSSR count). The third-order valence-electron chi connectivity index (χ3n) is 3.31. The lowest BCUT2D eigenvalue weighted by molar-refractivity contribution is -0.130. The van der Waals surface area contributed by atoms with Gasteiger partial charge in [0.1, 0.15) is 14.8 Å². The Balaban J connectivity index is 2.47. The van der Waals surface area contributed by atoms with Gasteiger partial charge < -0.3 is 16.2 Å². The summed E-state index contributed by atoms with van der Waals surface area (Å²) < 4.78 is 50.1. The van der Waals surface area contributed by atoms with Crippen LogP contribution < -0.4 is 11.1 Å². The molecule has 8 nitrogen and oxygen atoms in total. The van der Waals surface area contributed by atoms with Gasteiger partial charge in [0.15, 0.2) is 5.03 Å². The number of nitrogens with two attached hydrogens (primary N) is 1. The average Bonchev–Trinajstić information content (AvgIpc) is 2.99. The van der Waals surface area contributed by atoms with E-state index in [1.54, 1.807) is 0 Å². The van der Waals surface area contributed by atoms with Crippen molar-refractivity contribution in [1.82, 2.24) is 4.98 Å². The summed E-state index contributed by atoms with van der Waals surface area (Å²) in [6.07, 6.45) is -2.07. The quantitative estimate of drug-likeness (QED) is 0.651. The van der Waals surface area contributed by atoms with Crippen LogP contribution in [0.2, 0.25) is 0 Å². The number of amides is 2. The van der Waals surface area contributed by atoms with E-state index in [4.69, 9.17) is 5.73 Å². The van der Waals surface area contributed by atoms with Gasteiger partial charge in [-0.2, -0.15) is 0 Å². The maximum Gasteiger partial charge on any atom is 0.265 e. The second-order valence-corrected chi connectivity index (χ2v) is 9.10. The van der Waals surface area contributed by atoms with Crippen molar-refractivity contribution in [2.75, 3.05) is 5.32 Å². The predicted molar refractivity (Wildman–Crippen MR) is 92.4 cm³/mol. The van der Waals surface area contributed by atoms with Gasteiger partial charge >= 0.3 is 0 Å². The zero-order chi connectivity index (χ0) is 20.6. The van der Waals surface area contributed by atoms with E-state index < -0.39 is 44.3 Å². The Morgan fingerprint density at radius 3 is 2.41 bits per heavy atom. The van der Waals surface area contributed by atoms with Gasteiger partial charge in [-0.3, -0.25) is 9.59 Å². The number of hydrogen-bond acceptors (Lipinski definition) is 7. The molecule has 0 atom stereocenters. The summed E-state index contributed by atoms with van der Waals surface area (Å²) in [5.41, 5.74) is 2.70. The molecule has 2 heterocycles. The number of hydrogen-bond donors (Lipinski definition) is 3. The molecule has 0 saturated carbocycles. The molecular formula is C15H15F2N3O5S2. The number of halogens is 2. The van der Waals surface area contributed by atoms with Crippen molar-refractivity contribution in [2.24, 2.45) is 5.73 Å². The summed E-state index contributed by atoms with van der Waals surface area (Å²) in [6, 6.07) is 2.78. The number of nitrogens with zero attached hydrogens (tertiary/aromatic N) is 1. The standard InChI is InChI=1S/C15H15F2N3O5S2/c1-15(2,23)14(22)20-13-8(12(18)21)5-10(26-13)27(24,25)9-4-3-7(6-19-9)11(16)17/h3-6,11,23H,1-2H3,(H2,18,21)(H,20,22). The monoisotopic (exact) mass is 419 g/mol. The average molecular weight is 419 g/mol. The number of aromatic nitrogens is 1. The maximum atomic E-state index is 12.6. The molecule has 0 aromatic carbocycles. The number of thiophene rings is 1. The van der Waals surface area contributed by atoms with E-state index in [1.165, 1.54) is 13.8 Å². The number of rotatable bonds is 6. The Morgan fingerprint density at radius 2 is 1.96 bits per heavy atom. The Bertz CT molecular complexity index is 980. The predicted octanol–water partition coefficient (Wildman–Crippen LogP) is 1.72. The first-order chi connectivity index (χ1) is 12.3. The minimum absolute atomic E-state index is 0.169. The lowest BCUT2D eigenvalue weighted by Crippen LogP contribution is -2.36. The number of pyridine rings is 1. The highest BCUT2D eigenvalue weighted by molar-refractivity contribution is 7.93. The number of alkyl halides is 2. The van der Waals surface area contributed by atoms with Crippen molar-refractivity contribution >= 4 is 38.0 Å². The topological polar surface area (TPSA) is 139 Å². The zero-order valence-electron chi connectivity index (χ0n) is 14.1. The zero-order valence-corrected chi connectivity index (χ0v) is 15.7. The van der Waals surface area contributed by atoms with Gasteiger partial charge in [-0.05, 0) is 32.0 Å². The summed E-state index contributed by atoms with van der Waals surface area (Å²) in [4.78, 5) is 27.0. The molecule has 0 radical (unpaired) electrons. The van der Waals surface area contributed by atoms with E-state index in [9.17, 15) is 31.9 Å². The van der Waals surface area contributed by atoms with Crippen molar-refractivity contribution in [3.8, 4) is 0 Å².